The lowest BCUT2D eigenvalue weighted by atomic mass is 10.1. The van der Waals surface area contributed by atoms with Crippen LogP contribution in [0.4, 0.5) is 4.79 Å². The molecule has 24 heavy (non-hydrogen) atoms. The van der Waals surface area contributed by atoms with E-state index < -0.39 is 12.8 Å². The van der Waals surface area contributed by atoms with E-state index in [1.54, 1.807) is 0 Å². The highest BCUT2D eigenvalue weighted by molar-refractivity contribution is 8.55. The van der Waals surface area contributed by atoms with Crippen molar-refractivity contribution in [2.45, 2.75) is 26.7 Å². The summed E-state index contributed by atoms with van der Waals surface area (Å²) in [5, 5.41) is 2.78. The third-order valence-corrected chi connectivity index (χ3v) is 7.86. The third-order valence-electron chi connectivity index (χ3n) is 2.83. The Morgan fingerprint density at radius 1 is 1.33 bits per heavy atom. The van der Waals surface area contributed by atoms with Crippen LogP contribution in [-0.4, -0.2) is 37.4 Å². The average molecular weight is 393 g/mol. The zero-order valence-corrected chi connectivity index (χ0v) is 16.7. The molecule has 8 heteroatoms. The van der Waals surface area contributed by atoms with Crippen molar-refractivity contribution in [3.8, 4) is 0 Å². The quantitative estimate of drug-likeness (QED) is 0.409. The fourth-order valence-corrected chi connectivity index (χ4v) is 6.41. The third kappa shape index (κ3) is 8.43. The van der Waals surface area contributed by atoms with Gasteiger partial charge in [0.05, 0.1) is 13.2 Å². The molecular weight excluding hydrogens is 367 g/mol. The molecule has 1 unspecified atom stereocenters. The summed E-state index contributed by atoms with van der Waals surface area (Å²) in [6.07, 6.45) is 1.21. The van der Waals surface area contributed by atoms with Crippen LogP contribution in [0.1, 0.15) is 25.8 Å². The molecule has 1 amide bonds. The van der Waals surface area contributed by atoms with Gasteiger partial charge in [-0.2, -0.15) is 0 Å². The van der Waals surface area contributed by atoms with E-state index in [0.29, 0.717) is 25.6 Å². The van der Waals surface area contributed by atoms with Crippen LogP contribution in [0.5, 0.6) is 0 Å². The number of nitrogens with zero attached hydrogens (tertiary/aromatic N) is 1. The molecule has 0 heterocycles. The van der Waals surface area contributed by atoms with Gasteiger partial charge in [0.1, 0.15) is 0 Å². The van der Waals surface area contributed by atoms with Crippen LogP contribution in [0.2, 0.25) is 0 Å². The van der Waals surface area contributed by atoms with Crippen LogP contribution in [0.15, 0.2) is 35.1 Å². The summed E-state index contributed by atoms with van der Waals surface area (Å²) in [6, 6.07) is 9.97. The summed E-state index contributed by atoms with van der Waals surface area (Å²) in [4.78, 5) is 12.2. The second-order valence-corrected chi connectivity index (χ2v) is 9.68. The highest BCUT2D eigenvalue weighted by Crippen LogP contribution is 2.63. The maximum absolute atomic E-state index is 12.2. The van der Waals surface area contributed by atoms with E-state index in [9.17, 15) is 4.79 Å². The Labute approximate surface area is 153 Å². The molecule has 0 aliphatic heterocycles. The molecule has 136 valence electrons. The molecule has 0 radical (unpaired) electrons. The molecule has 1 rings (SSSR count). The van der Waals surface area contributed by atoms with Gasteiger partial charge in [-0.3, -0.25) is 0 Å². The van der Waals surface area contributed by atoms with Crippen molar-refractivity contribution in [2.75, 3.05) is 31.3 Å². The van der Waals surface area contributed by atoms with Gasteiger partial charge in [-0.1, -0.05) is 37.3 Å². The molecular formula is C16H26ClN2O3PS. The highest BCUT2D eigenvalue weighted by Gasteiger charge is 2.26. The Kier molecular flexibility index (Phi) is 11.3. The molecule has 1 N–H and O–H groups in total. The first kappa shape index (κ1) is 21.4. The van der Waals surface area contributed by atoms with E-state index in [2.05, 4.69) is 17.0 Å². The molecule has 0 saturated heterocycles. The van der Waals surface area contributed by atoms with Crippen molar-refractivity contribution >= 4 is 35.8 Å². The van der Waals surface area contributed by atoms with Crippen LogP contribution in [0.3, 0.4) is 0 Å². The first-order chi connectivity index (χ1) is 11.7. The lowest BCUT2D eigenvalue weighted by Crippen LogP contribution is -2.25. The van der Waals surface area contributed by atoms with Crippen LogP contribution in [0.25, 0.3) is 0 Å². The number of hydrogen-bond acceptors (Lipinski definition) is 5. The number of rotatable bonds is 11. The van der Waals surface area contributed by atoms with E-state index in [-0.39, 0.29) is 0 Å². The number of nitrogens with one attached hydrogen (secondary N) is 1. The molecule has 0 aliphatic rings. The molecule has 0 spiro atoms. The number of hydrogen-bond donors (Lipinski definition) is 1. The van der Waals surface area contributed by atoms with Gasteiger partial charge in [0, 0.05) is 18.2 Å². The number of halogens is 1. The van der Waals surface area contributed by atoms with Crippen LogP contribution >= 0.6 is 29.7 Å². The molecule has 1 aromatic carbocycles. The van der Waals surface area contributed by atoms with Crippen LogP contribution < -0.4 is 5.32 Å². The molecule has 0 fully saturated rings. The molecule has 5 nitrogen and oxygen atoms in total. The maximum Gasteiger partial charge on any atom is 0.413 e. The average Bonchev–Trinajstić information content (AvgIpc) is 2.59. The first-order valence-corrected chi connectivity index (χ1v) is 11.8. The van der Waals surface area contributed by atoms with E-state index >= 15 is 0 Å². The smallest absolute Gasteiger partial charge is 0.382 e. The molecule has 0 aromatic heterocycles. The molecule has 1 aromatic rings. The van der Waals surface area contributed by atoms with E-state index in [4.69, 9.17) is 20.6 Å². The lowest BCUT2D eigenvalue weighted by Gasteiger charge is -2.22. The predicted molar refractivity (Wildman–Crippen MR) is 104 cm³/mol. The van der Waals surface area contributed by atoms with E-state index in [1.807, 2.05) is 37.3 Å². The summed E-state index contributed by atoms with van der Waals surface area (Å²) < 4.78 is 15.8. The van der Waals surface area contributed by atoms with Gasteiger partial charge in [0.25, 0.3) is 0 Å². The summed E-state index contributed by atoms with van der Waals surface area (Å²) in [6.45, 7) is 2.63. The Morgan fingerprint density at radius 2 is 2.08 bits per heavy atom. The first-order valence-electron chi connectivity index (χ1n) is 8.10. The zero-order chi connectivity index (χ0) is 17.7. The molecule has 0 bridgehead atoms. The van der Waals surface area contributed by atoms with Gasteiger partial charge < -0.3 is 14.4 Å². The molecule has 0 aliphatic carbocycles. The Hall–Kier alpha value is -0.680. The molecule has 1 atom stereocenters. The van der Waals surface area contributed by atoms with Gasteiger partial charge in [-0.05, 0) is 36.7 Å². The summed E-state index contributed by atoms with van der Waals surface area (Å²) >= 11 is 7.21. The number of carbonyl (C=O) groups excluding carboxylic acids is 1. The Bertz CT molecular complexity index is 531. The van der Waals surface area contributed by atoms with Crippen molar-refractivity contribution in [3.63, 3.8) is 0 Å². The number of alkyl halides is 1. The Balaban J connectivity index is 2.61. The normalized spacial score (nSPS) is 13.1. The number of benzene rings is 1. The van der Waals surface area contributed by atoms with Gasteiger partial charge in [0.15, 0.2) is 0 Å². The number of amides is 1. The van der Waals surface area contributed by atoms with Gasteiger partial charge >= 0.3 is 12.8 Å². The fourth-order valence-electron chi connectivity index (χ4n) is 1.82. The largest absolute Gasteiger partial charge is 0.413 e. The van der Waals surface area contributed by atoms with Gasteiger partial charge in [-0.25, -0.2) is 9.54 Å². The standard InChI is InChI=1S/C16H26ClN2O3PS/c1-3-14-24-23(21-4-2,19-13-11-17)22-16(20)18-12-10-15-8-6-5-7-9-15/h5-9H,3-4,10-14H2,1-2H3,(H,18,20). The van der Waals surface area contributed by atoms with E-state index in [1.165, 1.54) is 11.4 Å². The highest BCUT2D eigenvalue weighted by atomic mass is 35.5. The Morgan fingerprint density at radius 3 is 2.71 bits per heavy atom. The summed E-state index contributed by atoms with van der Waals surface area (Å²) in [5.41, 5.74) is 1.16. The minimum absolute atomic E-state index is 0.375. The minimum atomic E-state index is -2.65. The minimum Gasteiger partial charge on any atom is -0.382 e. The van der Waals surface area contributed by atoms with Crippen molar-refractivity contribution in [2.24, 2.45) is 4.74 Å². The maximum atomic E-state index is 12.2. The zero-order valence-electron chi connectivity index (χ0n) is 14.2. The monoisotopic (exact) mass is 392 g/mol. The summed E-state index contributed by atoms with van der Waals surface area (Å²) in [5.74, 6) is 1.19. The lowest BCUT2D eigenvalue weighted by molar-refractivity contribution is 0.196. The second-order valence-electron chi connectivity index (χ2n) is 4.81. The molecule has 0 saturated carbocycles. The van der Waals surface area contributed by atoms with Crippen LogP contribution in [-0.2, 0) is 15.5 Å². The predicted octanol–water partition coefficient (Wildman–Crippen LogP) is 5.32. The van der Waals surface area contributed by atoms with Crippen molar-refractivity contribution in [1.82, 2.24) is 5.32 Å². The fraction of sp³-hybridized carbons (Fsp3) is 0.562. The van der Waals surface area contributed by atoms with Crippen molar-refractivity contribution in [3.05, 3.63) is 35.9 Å². The van der Waals surface area contributed by atoms with Crippen LogP contribution in [0, 0.1) is 0 Å². The van der Waals surface area contributed by atoms with Crippen molar-refractivity contribution in [1.29, 1.82) is 0 Å². The van der Waals surface area contributed by atoms with Crippen molar-refractivity contribution < 1.29 is 13.8 Å². The van der Waals surface area contributed by atoms with Gasteiger partial charge in [0.2, 0.25) is 0 Å². The topological polar surface area (TPSA) is 59.9 Å². The second kappa shape index (κ2) is 12.6. The summed E-state index contributed by atoms with van der Waals surface area (Å²) in [7, 11) is 0. The SMILES string of the molecule is CCCSP(=NCCCl)(OCC)OC(=O)NCCc1ccccc1. The van der Waals surface area contributed by atoms with Gasteiger partial charge in [-0.15, -0.1) is 11.6 Å². The van der Waals surface area contributed by atoms with E-state index in [0.717, 1.165) is 24.2 Å². The number of carbonyl (C=O) groups is 1.